The van der Waals surface area contributed by atoms with Gasteiger partial charge in [0.1, 0.15) is 11.0 Å². The van der Waals surface area contributed by atoms with Gasteiger partial charge in [-0.05, 0) is 37.0 Å². The summed E-state index contributed by atoms with van der Waals surface area (Å²) in [5, 5.41) is 11.0. The van der Waals surface area contributed by atoms with Crippen LogP contribution in [0.15, 0.2) is 12.1 Å². The molecular weight excluding hydrogens is 174 g/mol. The highest BCUT2D eigenvalue weighted by atomic mass is 15.3. The summed E-state index contributed by atoms with van der Waals surface area (Å²) in [5.41, 5.74) is 4.68. The largest absolute Gasteiger partial charge is 0.197 e. The van der Waals surface area contributed by atoms with Gasteiger partial charge in [-0.15, -0.1) is 0 Å². The maximum absolute atomic E-state index is 4.20. The summed E-state index contributed by atoms with van der Waals surface area (Å²) in [5.74, 6) is 0. The number of aryl methyl sites for hydroxylation is 2. The van der Waals surface area contributed by atoms with Crippen LogP contribution < -0.4 is 0 Å². The Hall–Kier alpha value is -1.38. The van der Waals surface area contributed by atoms with Crippen LogP contribution in [0.4, 0.5) is 0 Å². The monoisotopic (exact) mass is 189 g/mol. The van der Waals surface area contributed by atoms with E-state index in [2.05, 4.69) is 35.3 Å². The van der Waals surface area contributed by atoms with Gasteiger partial charge in [-0.1, -0.05) is 19.4 Å². The lowest BCUT2D eigenvalue weighted by Gasteiger charge is -2.04. The topological polar surface area (TPSA) is 41.6 Å². The number of hydrogen-bond acceptors (Lipinski definition) is 2. The minimum atomic E-state index is 0.974. The summed E-state index contributed by atoms with van der Waals surface area (Å²) in [6.07, 6.45) is 3.53. The van der Waals surface area contributed by atoms with Crippen molar-refractivity contribution in [1.82, 2.24) is 15.4 Å². The maximum atomic E-state index is 4.20. The average molecular weight is 189 g/mol. The second kappa shape index (κ2) is 3.78. The van der Waals surface area contributed by atoms with Crippen LogP contribution >= 0.6 is 0 Å². The number of aromatic amines is 1. The Morgan fingerprint density at radius 3 is 2.93 bits per heavy atom. The van der Waals surface area contributed by atoms with Gasteiger partial charge < -0.3 is 0 Å². The van der Waals surface area contributed by atoms with Crippen LogP contribution in [0.1, 0.15) is 30.9 Å². The molecule has 3 nitrogen and oxygen atoms in total. The minimum absolute atomic E-state index is 0.974. The van der Waals surface area contributed by atoms with Gasteiger partial charge in [0.15, 0.2) is 0 Å². The van der Waals surface area contributed by atoms with E-state index in [0.29, 0.717) is 0 Å². The Labute approximate surface area is 83.5 Å². The van der Waals surface area contributed by atoms with E-state index in [1.165, 1.54) is 24.0 Å². The van der Waals surface area contributed by atoms with Crippen molar-refractivity contribution in [3.8, 4) is 0 Å². The van der Waals surface area contributed by atoms with Gasteiger partial charge in [-0.3, -0.25) is 0 Å². The molecule has 0 atom stereocenters. The van der Waals surface area contributed by atoms with Crippen molar-refractivity contribution in [2.75, 3.05) is 0 Å². The maximum Gasteiger partial charge on any atom is 0.116 e. The van der Waals surface area contributed by atoms with Crippen molar-refractivity contribution < 1.29 is 0 Å². The van der Waals surface area contributed by atoms with E-state index in [0.717, 1.165) is 17.5 Å². The summed E-state index contributed by atoms with van der Waals surface area (Å²) in [7, 11) is 0. The molecule has 0 saturated heterocycles. The number of benzene rings is 1. The fourth-order valence-electron chi connectivity index (χ4n) is 1.74. The van der Waals surface area contributed by atoms with Crippen molar-refractivity contribution in [1.29, 1.82) is 0 Å². The second-order valence-corrected chi connectivity index (χ2v) is 3.66. The van der Waals surface area contributed by atoms with Crippen molar-refractivity contribution in [2.24, 2.45) is 0 Å². The lowest BCUT2D eigenvalue weighted by atomic mass is 10.0. The van der Waals surface area contributed by atoms with Gasteiger partial charge in [-0.25, -0.2) is 0 Å². The molecule has 1 aromatic heterocycles. The van der Waals surface area contributed by atoms with E-state index in [-0.39, 0.29) is 0 Å². The predicted octanol–water partition coefficient (Wildman–Crippen LogP) is 2.61. The van der Waals surface area contributed by atoms with Crippen molar-refractivity contribution >= 4 is 11.0 Å². The third-order valence-electron chi connectivity index (χ3n) is 2.61. The number of hydrogen-bond donors (Lipinski definition) is 1. The first kappa shape index (κ1) is 9.19. The predicted molar refractivity (Wildman–Crippen MR) is 57.2 cm³/mol. The molecule has 1 heterocycles. The fraction of sp³-hybridized carbons (Fsp3) is 0.455. The number of unbranched alkanes of at least 4 members (excludes halogenated alkanes) is 1. The summed E-state index contributed by atoms with van der Waals surface area (Å²) < 4.78 is 0. The third-order valence-corrected chi connectivity index (χ3v) is 2.61. The van der Waals surface area contributed by atoms with Crippen LogP contribution in [0, 0.1) is 6.92 Å². The van der Waals surface area contributed by atoms with Gasteiger partial charge in [-0.2, -0.15) is 15.4 Å². The number of H-pyrrole nitrogens is 1. The summed E-state index contributed by atoms with van der Waals surface area (Å²) in [6, 6.07) is 4.14. The van der Waals surface area contributed by atoms with E-state index in [4.69, 9.17) is 0 Å². The minimum Gasteiger partial charge on any atom is -0.197 e. The molecule has 0 amide bonds. The summed E-state index contributed by atoms with van der Waals surface area (Å²) >= 11 is 0. The molecule has 0 radical (unpaired) electrons. The van der Waals surface area contributed by atoms with Gasteiger partial charge >= 0.3 is 0 Å². The van der Waals surface area contributed by atoms with E-state index in [1.54, 1.807) is 0 Å². The Balaban J connectivity index is 2.47. The zero-order chi connectivity index (χ0) is 9.97. The van der Waals surface area contributed by atoms with E-state index in [9.17, 15) is 0 Å². The molecule has 0 spiro atoms. The van der Waals surface area contributed by atoms with Crippen LogP contribution in [0.25, 0.3) is 11.0 Å². The number of fused-ring (bicyclic) bond motifs is 1. The lowest BCUT2D eigenvalue weighted by molar-refractivity contribution is 0.793. The van der Waals surface area contributed by atoms with Gasteiger partial charge in [0, 0.05) is 0 Å². The van der Waals surface area contributed by atoms with E-state index >= 15 is 0 Å². The molecule has 1 aromatic carbocycles. The van der Waals surface area contributed by atoms with Crippen LogP contribution in [-0.4, -0.2) is 15.4 Å². The zero-order valence-corrected chi connectivity index (χ0v) is 8.67. The van der Waals surface area contributed by atoms with Gasteiger partial charge in [0.2, 0.25) is 0 Å². The Bertz CT molecular complexity index is 431. The standard InChI is InChI=1S/C11H15N3/c1-3-4-5-9-8(2)6-7-10-11(9)13-14-12-10/h6-7H,3-5H2,1-2H3,(H,12,13,14). The molecule has 0 unspecified atom stereocenters. The summed E-state index contributed by atoms with van der Waals surface area (Å²) in [4.78, 5) is 0. The highest BCUT2D eigenvalue weighted by Gasteiger charge is 2.07. The molecule has 1 N–H and O–H groups in total. The molecule has 74 valence electrons. The number of nitrogens with one attached hydrogen (secondary N) is 1. The molecule has 14 heavy (non-hydrogen) atoms. The molecule has 0 aliphatic rings. The first-order valence-electron chi connectivity index (χ1n) is 5.12. The molecule has 0 aliphatic carbocycles. The first-order valence-corrected chi connectivity index (χ1v) is 5.12. The van der Waals surface area contributed by atoms with Gasteiger partial charge in [0.25, 0.3) is 0 Å². The fourth-order valence-corrected chi connectivity index (χ4v) is 1.74. The summed E-state index contributed by atoms with van der Waals surface area (Å²) in [6.45, 7) is 4.34. The lowest BCUT2D eigenvalue weighted by Crippen LogP contribution is -1.91. The number of aromatic nitrogens is 3. The Kier molecular flexibility index (Phi) is 2.48. The van der Waals surface area contributed by atoms with Crippen molar-refractivity contribution in [2.45, 2.75) is 33.1 Å². The Morgan fingerprint density at radius 1 is 1.29 bits per heavy atom. The molecule has 2 rings (SSSR count). The third kappa shape index (κ3) is 1.50. The molecular formula is C11H15N3. The average Bonchev–Trinajstić information content (AvgIpc) is 2.64. The number of rotatable bonds is 3. The van der Waals surface area contributed by atoms with Crippen LogP contribution in [-0.2, 0) is 6.42 Å². The van der Waals surface area contributed by atoms with Crippen LogP contribution in [0.2, 0.25) is 0 Å². The quantitative estimate of drug-likeness (QED) is 0.806. The van der Waals surface area contributed by atoms with E-state index in [1.807, 2.05) is 6.07 Å². The van der Waals surface area contributed by atoms with Crippen molar-refractivity contribution in [3.05, 3.63) is 23.3 Å². The first-order chi connectivity index (χ1) is 6.83. The molecule has 0 fully saturated rings. The van der Waals surface area contributed by atoms with Gasteiger partial charge in [0.05, 0.1) is 0 Å². The van der Waals surface area contributed by atoms with Crippen LogP contribution in [0.3, 0.4) is 0 Å². The molecule has 0 aliphatic heterocycles. The highest BCUT2D eigenvalue weighted by Crippen LogP contribution is 2.20. The molecule has 2 aromatic rings. The SMILES string of the molecule is CCCCc1c(C)ccc2n[nH]nc12. The molecule has 0 bridgehead atoms. The van der Waals surface area contributed by atoms with Crippen molar-refractivity contribution in [3.63, 3.8) is 0 Å². The molecule has 3 heteroatoms. The Morgan fingerprint density at radius 2 is 2.14 bits per heavy atom. The highest BCUT2D eigenvalue weighted by molar-refractivity contribution is 5.78. The number of nitrogens with zero attached hydrogens (tertiary/aromatic N) is 2. The molecule has 0 saturated carbocycles. The smallest absolute Gasteiger partial charge is 0.116 e. The van der Waals surface area contributed by atoms with Crippen LogP contribution in [0.5, 0.6) is 0 Å². The second-order valence-electron chi connectivity index (χ2n) is 3.66. The van der Waals surface area contributed by atoms with E-state index < -0.39 is 0 Å². The normalized spacial score (nSPS) is 11.0. The zero-order valence-electron chi connectivity index (χ0n) is 8.67.